The lowest BCUT2D eigenvalue weighted by molar-refractivity contribution is -0.140. The summed E-state index contributed by atoms with van der Waals surface area (Å²) in [6.07, 6.45) is -2.25. The number of pyridine rings is 1. The number of para-hydroxylation sites is 1. The molecule has 0 aliphatic carbocycles. The number of hydrogen-bond acceptors (Lipinski definition) is 4. The molecule has 0 unspecified atom stereocenters. The normalized spacial score (nSPS) is 16.4. The Morgan fingerprint density at radius 2 is 1.91 bits per heavy atom. The molecule has 1 aromatic carbocycles. The van der Waals surface area contributed by atoms with E-state index in [4.69, 9.17) is 4.74 Å². The molecule has 0 aromatic heterocycles. The van der Waals surface area contributed by atoms with Crippen LogP contribution in [0.25, 0.3) is 11.4 Å². The maximum atomic E-state index is 13.1. The Kier molecular flexibility index (Phi) is 5.62. The number of carbonyl (C=O) groups is 1. The lowest BCUT2D eigenvalue weighted by atomic mass is 9.90. The lowest BCUT2D eigenvalue weighted by Crippen LogP contribution is -2.48. The fourth-order valence-corrected chi connectivity index (χ4v) is 4.21. The number of fused-ring (bicyclic) bond motifs is 1. The van der Waals surface area contributed by atoms with Crippen LogP contribution in [0.5, 0.6) is 5.75 Å². The summed E-state index contributed by atoms with van der Waals surface area (Å²) in [6.45, 7) is 2.53. The van der Waals surface area contributed by atoms with E-state index in [2.05, 4.69) is 4.98 Å². The standard InChI is InChI=1S/C23H24F3N3O3/c1-15-11-16-12-19(23(24,25)26)27-20(16)29(13-15)14-22(31)7-9-28(10-8-22)21(30)17-5-3-4-6-18(17)32-2/h3-6,11-13,31H,7-10,14H2,1-2H3. The molecule has 1 fully saturated rings. The third-order valence-electron chi connectivity index (χ3n) is 5.87. The van der Waals surface area contributed by atoms with Crippen molar-refractivity contribution in [3.8, 4) is 17.1 Å². The molecule has 3 aliphatic rings. The molecule has 0 atom stereocenters. The Morgan fingerprint density at radius 1 is 1.22 bits per heavy atom. The van der Waals surface area contributed by atoms with E-state index in [9.17, 15) is 23.1 Å². The van der Waals surface area contributed by atoms with E-state index in [1.807, 2.05) is 0 Å². The molecule has 32 heavy (non-hydrogen) atoms. The van der Waals surface area contributed by atoms with Gasteiger partial charge < -0.3 is 19.3 Å². The van der Waals surface area contributed by atoms with Crippen LogP contribution in [0, 0.1) is 6.92 Å². The monoisotopic (exact) mass is 447 g/mol. The van der Waals surface area contributed by atoms with Gasteiger partial charge in [0, 0.05) is 24.8 Å². The minimum Gasteiger partial charge on any atom is -0.496 e. The van der Waals surface area contributed by atoms with Gasteiger partial charge >= 0.3 is 6.18 Å². The number of aliphatic hydroxyl groups is 1. The Balaban J connectivity index is 1.51. The van der Waals surface area contributed by atoms with Gasteiger partial charge in [-0.2, -0.15) is 13.2 Å². The van der Waals surface area contributed by atoms with Crippen LogP contribution in [0.4, 0.5) is 13.2 Å². The Bertz CT molecular complexity index is 1100. The van der Waals surface area contributed by atoms with Crippen LogP contribution in [-0.4, -0.2) is 51.3 Å². The van der Waals surface area contributed by atoms with Gasteiger partial charge in [-0.3, -0.25) is 4.79 Å². The number of benzene rings is 1. The maximum absolute atomic E-state index is 13.1. The smallest absolute Gasteiger partial charge is 0.433 e. The van der Waals surface area contributed by atoms with Crippen LogP contribution in [-0.2, 0) is 12.7 Å². The second kappa shape index (κ2) is 8.12. The molecular weight excluding hydrogens is 423 g/mol. The first-order chi connectivity index (χ1) is 15.1. The van der Waals surface area contributed by atoms with Crippen molar-refractivity contribution in [2.45, 2.75) is 38.1 Å². The number of hydrogen-bond donors (Lipinski definition) is 1. The third-order valence-corrected chi connectivity index (χ3v) is 5.87. The lowest BCUT2D eigenvalue weighted by Gasteiger charge is -2.39. The van der Waals surface area contributed by atoms with Gasteiger partial charge in [-0.05, 0) is 49.6 Å². The van der Waals surface area contributed by atoms with E-state index in [1.165, 1.54) is 7.11 Å². The molecule has 6 nitrogen and oxygen atoms in total. The summed E-state index contributed by atoms with van der Waals surface area (Å²) in [6, 6.07) is 9.63. The summed E-state index contributed by atoms with van der Waals surface area (Å²) in [5.41, 5.74) is -0.511. The van der Waals surface area contributed by atoms with Crippen LogP contribution in [0.1, 0.15) is 34.5 Å². The van der Waals surface area contributed by atoms with E-state index in [0.717, 1.165) is 11.6 Å². The topological polar surface area (TPSA) is 67.6 Å². The van der Waals surface area contributed by atoms with E-state index in [-0.39, 0.29) is 18.3 Å². The highest BCUT2D eigenvalue weighted by Crippen LogP contribution is 2.35. The van der Waals surface area contributed by atoms with Gasteiger partial charge in [0.1, 0.15) is 17.3 Å². The average Bonchev–Trinajstić information content (AvgIpc) is 3.18. The van der Waals surface area contributed by atoms with Crippen molar-refractivity contribution in [2.75, 3.05) is 20.2 Å². The summed E-state index contributed by atoms with van der Waals surface area (Å²) in [5, 5.41) is 11.2. The largest absolute Gasteiger partial charge is 0.496 e. The summed E-state index contributed by atoms with van der Waals surface area (Å²) >= 11 is 0. The number of amides is 1. The first-order valence-electron chi connectivity index (χ1n) is 10.3. The molecule has 4 rings (SSSR count). The van der Waals surface area contributed by atoms with Crippen molar-refractivity contribution in [3.05, 3.63) is 59.4 Å². The highest BCUT2D eigenvalue weighted by Gasteiger charge is 2.38. The number of rotatable bonds is 4. The predicted molar refractivity (Wildman–Crippen MR) is 112 cm³/mol. The van der Waals surface area contributed by atoms with Crippen molar-refractivity contribution in [1.82, 2.24) is 14.5 Å². The zero-order valence-corrected chi connectivity index (χ0v) is 17.8. The molecule has 0 spiro atoms. The summed E-state index contributed by atoms with van der Waals surface area (Å²) in [5.74, 6) is 0.491. The molecule has 3 aliphatic heterocycles. The minimum atomic E-state index is -4.54. The zero-order valence-electron chi connectivity index (χ0n) is 17.8. The van der Waals surface area contributed by atoms with Crippen molar-refractivity contribution in [3.63, 3.8) is 0 Å². The molecule has 0 radical (unpaired) electrons. The first kappa shape index (κ1) is 22.1. The molecular formula is C23H24F3N3O3. The number of alkyl halides is 3. The van der Waals surface area contributed by atoms with Gasteiger partial charge in [-0.15, -0.1) is 0 Å². The number of carbonyl (C=O) groups excluding carboxylic acids is 1. The molecule has 1 amide bonds. The number of piperidine rings is 1. The average molecular weight is 447 g/mol. The number of nitrogens with zero attached hydrogens (tertiary/aromatic N) is 3. The van der Waals surface area contributed by atoms with Crippen LogP contribution >= 0.6 is 0 Å². The Labute approximate surface area is 183 Å². The molecule has 0 bridgehead atoms. The van der Waals surface area contributed by atoms with Gasteiger partial charge in [-0.1, -0.05) is 12.1 Å². The molecule has 1 aromatic rings. The van der Waals surface area contributed by atoms with Crippen molar-refractivity contribution in [1.29, 1.82) is 0 Å². The SMILES string of the molecule is COc1ccccc1C(=O)N1CCC(O)(Cn2cc(C)cc3cc(C(F)(F)F)nc2-3)CC1. The second-order valence-corrected chi connectivity index (χ2v) is 8.28. The van der Waals surface area contributed by atoms with Crippen molar-refractivity contribution in [2.24, 2.45) is 0 Å². The fourth-order valence-electron chi connectivity index (χ4n) is 4.21. The van der Waals surface area contributed by atoms with Gasteiger partial charge in [0.15, 0.2) is 0 Å². The molecule has 170 valence electrons. The molecule has 9 heteroatoms. The number of aromatic nitrogens is 2. The number of methoxy groups -OCH3 is 1. The van der Waals surface area contributed by atoms with Gasteiger partial charge in [0.05, 0.1) is 24.8 Å². The molecule has 1 saturated heterocycles. The minimum absolute atomic E-state index is 0.0934. The number of aryl methyl sites for hydroxylation is 1. The molecule has 3 heterocycles. The van der Waals surface area contributed by atoms with Crippen LogP contribution in [0.15, 0.2) is 42.6 Å². The van der Waals surface area contributed by atoms with Gasteiger partial charge in [0.2, 0.25) is 0 Å². The highest BCUT2D eigenvalue weighted by molar-refractivity contribution is 5.97. The maximum Gasteiger partial charge on any atom is 0.433 e. The summed E-state index contributed by atoms with van der Waals surface area (Å²) in [4.78, 5) is 18.3. The summed E-state index contributed by atoms with van der Waals surface area (Å²) < 4.78 is 46.3. The van der Waals surface area contributed by atoms with E-state index in [0.29, 0.717) is 42.8 Å². The second-order valence-electron chi connectivity index (χ2n) is 8.28. The van der Waals surface area contributed by atoms with Gasteiger partial charge in [-0.25, -0.2) is 4.98 Å². The van der Waals surface area contributed by atoms with Crippen LogP contribution < -0.4 is 4.74 Å². The molecule has 0 saturated carbocycles. The highest BCUT2D eigenvalue weighted by atomic mass is 19.4. The van der Waals surface area contributed by atoms with Crippen LogP contribution in [0.3, 0.4) is 0 Å². The van der Waals surface area contributed by atoms with E-state index >= 15 is 0 Å². The molecule has 1 N–H and O–H groups in total. The number of halogens is 3. The Hall–Kier alpha value is -3.07. The van der Waals surface area contributed by atoms with Crippen molar-refractivity contribution < 1.29 is 27.8 Å². The zero-order chi connectivity index (χ0) is 23.1. The van der Waals surface area contributed by atoms with E-state index < -0.39 is 17.5 Å². The van der Waals surface area contributed by atoms with Crippen LogP contribution in [0.2, 0.25) is 0 Å². The quantitative estimate of drug-likeness (QED) is 0.657. The fraction of sp³-hybridized carbons (Fsp3) is 0.391. The summed E-state index contributed by atoms with van der Waals surface area (Å²) in [7, 11) is 1.50. The van der Waals surface area contributed by atoms with Gasteiger partial charge in [0.25, 0.3) is 5.91 Å². The number of ether oxygens (including phenoxy) is 1. The predicted octanol–water partition coefficient (Wildman–Crippen LogP) is 3.99. The van der Waals surface area contributed by atoms with E-state index in [1.54, 1.807) is 52.9 Å². The number of likely N-dealkylation sites (tertiary alicyclic amines) is 1. The Morgan fingerprint density at radius 3 is 2.56 bits per heavy atom. The third kappa shape index (κ3) is 4.29. The van der Waals surface area contributed by atoms with Crippen molar-refractivity contribution >= 4 is 5.91 Å². The first-order valence-corrected chi connectivity index (χ1v) is 10.3.